The van der Waals surface area contributed by atoms with E-state index in [1.54, 1.807) is 4.90 Å². The normalized spacial score (nSPS) is 14.3. The maximum atomic E-state index is 12.2. The fraction of sp³-hybridized carbons (Fsp3) is 0.429. The lowest BCUT2D eigenvalue weighted by atomic mass is 9.92. The highest BCUT2D eigenvalue weighted by molar-refractivity contribution is 5.95. The number of hydrogen-bond acceptors (Lipinski definition) is 4. The van der Waals surface area contributed by atoms with Crippen LogP contribution in [-0.2, 0) is 0 Å². The number of nitrogens with one attached hydrogen (secondary N) is 1. The van der Waals surface area contributed by atoms with Crippen LogP contribution in [0.3, 0.4) is 0 Å². The van der Waals surface area contributed by atoms with Gasteiger partial charge in [0, 0.05) is 18.3 Å². The second-order valence-corrected chi connectivity index (χ2v) is 4.97. The average Bonchev–Trinajstić information content (AvgIpc) is 2.38. The van der Waals surface area contributed by atoms with Gasteiger partial charge in [-0.1, -0.05) is 0 Å². The maximum absolute atomic E-state index is 12.2. The number of urea groups is 1. The van der Waals surface area contributed by atoms with Crippen molar-refractivity contribution in [3.8, 4) is 5.75 Å². The summed E-state index contributed by atoms with van der Waals surface area (Å²) in [5.41, 5.74) is 0.0163. The molecule has 1 aromatic rings. The summed E-state index contributed by atoms with van der Waals surface area (Å²) in [6.07, 6.45) is 2.87. The molecule has 21 heavy (non-hydrogen) atoms. The van der Waals surface area contributed by atoms with E-state index in [1.807, 2.05) is 0 Å². The van der Waals surface area contributed by atoms with E-state index in [0.717, 1.165) is 19.3 Å². The number of rotatable bonds is 5. The first-order valence-electron chi connectivity index (χ1n) is 6.77. The van der Waals surface area contributed by atoms with Crippen LogP contribution in [-0.4, -0.2) is 51.4 Å². The number of amides is 2. The third kappa shape index (κ3) is 3.43. The number of aliphatic hydroxyl groups excluding tert-OH is 1. The summed E-state index contributed by atoms with van der Waals surface area (Å²) in [6, 6.07) is 3.59. The van der Waals surface area contributed by atoms with Gasteiger partial charge in [-0.15, -0.1) is 0 Å². The summed E-state index contributed by atoms with van der Waals surface area (Å²) in [4.78, 5) is 24.7. The molecule has 0 atom stereocenters. The number of aromatic hydroxyl groups is 1. The Morgan fingerprint density at radius 1 is 1.33 bits per heavy atom. The van der Waals surface area contributed by atoms with E-state index in [4.69, 9.17) is 10.2 Å². The second kappa shape index (κ2) is 6.45. The van der Waals surface area contributed by atoms with E-state index in [0.29, 0.717) is 0 Å². The predicted molar refractivity (Wildman–Crippen MR) is 75.5 cm³/mol. The summed E-state index contributed by atoms with van der Waals surface area (Å²) in [7, 11) is 0. The first kappa shape index (κ1) is 15.1. The van der Waals surface area contributed by atoms with Crippen LogP contribution in [0.4, 0.5) is 10.5 Å². The maximum Gasteiger partial charge on any atom is 0.339 e. The molecule has 1 aliphatic carbocycles. The van der Waals surface area contributed by atoms with Crippen molar-refractivity contribution in [2.24, 2.45) is 0 Å². The molecular weight excluding hydrogens is 276 g/mol. The van der Waals surface area contributed by atoms with E-state index in [1.165, 1.54) is 18.2 Å². The summed E-state index contributed by atoms with van der Waals surface area (Å²) >= 11 is 0. The Bertz CT molecular complexity index is 542. The van der Waals surface area contributed by atoms with Crippen molar-refractivity contribution >= 4 is 17.7 Å². The first-order chi connectivity index (χ1) is 10.0. The van der Waals surface area contributed by atoms with Gasteiger partial charge in [0.05, 0.1) is 6.61 Å². The van der Waals surface area contributed by atoms with Crippen molar-refractivity contribution in [3.05, 3.63) is 23.8 Å². The topological polar surface area (TPSA) is 110 Å². The van der Waals surface area contributed by atoms with Crippen LogP contribution in [0, 0.1) is 0 Å². The van der Waals surface area contributed by atoms with Crippen LogP contribution < -0.4 is 5.32 Å². The zero-order chi connectivity index (χ0) is 15.4. The molecule has 0 bridgehead atoms. The van der Waals surface area contributed by atoms with Gasteiger partial charge in [0.2, 0.25) is 0 Å². The Kier molecular flexibility index (Phi) is 4.64. The third-order valence-electron chi connectivity index (χ3n) is 3.60. The summed E-state index contributed by atoms with van der Waals surface area (Å²) in [5, 5.41) is 30.0. The number of carboxylic acid groups (broad SMARTS) is 1. The van der Waals surface area contributed by atoms with E-state index in [-0.39, 0.29) is 42.2 Å². The van der Waals surface area contributed by atoms with Crippen molar-refractivity contribution < 1.29 is 24.9 Å². The lowest BCUT2D eigenvalue weighted by Gasteiger charge is -2.37. The lowest BCUT2D eigenvalue weighted by molar-refractivity contribution is 0.0693. The fourth-order valence-electron chi connectivity index (χ4n) is 2.24. The molecule has 2 amide bonds. The zero-order valence-electron chi connectivity index (χ0n) is 11.5. The van der Waals surface area contributed by atoms with Crippen molar-refractivity contribution in [1.82, 2.24) is 4.90 Å². The third-order valence-corrected chi connectivity index (χ3v) is 3.60. The van der Waals surface area contributed by atoms with Gasteiger partial charge in [-0.2, -0.15) is 0 Å². The minimum absolute atomic E-state index is 0.119. The van der Waals surface area contributed by atoms with Crippen molar-refractivity contribution in [2.75, 3.05) is 18.5 Å². The monoisotopic (exact) mass is 294 g/mol. The molecule has 0 aromatic heterocycles. The Morgan fingerprint density at radius 3 is 2.57 bits per heavy atom. The van der Waals surface area contributed by atoms with Gasteiger partial charge in [0.25, 0.3) is 0 Å². The molecule has 1 aliphatic rings. The molecule has 0 heterocycles. The fourth-order valence-corrected chi connectivity index (χ4v) is 2.24. The lowest BCUT2D eigenvalue weighted by Crippen LogP contribution is -2.47. The molecule has 1 aromatic carbocycles. The van der Waals surface area contributed by atoms with Crippen molar-refractivity contribution in [1.29, 1.82) is 0 Å². The molecule has 114 valence electrons. The summed E-state index contributed by atoms with van der Waals surface area (Å²) in [5.74, 6) is -1.62. The number of anilines is 1. The number of carboxylic acids is 1. The first-order valence-corrected chi connectivity index (χ1v) is 6.77. The Balaban J connectivity index is 2.10. The van der Waals surface area contributed by atoms with Crippen LogP contribution >= 0.6 is 0 Å². The molecule has 2 rings (SSSR count). The van der Waals surface area contributed by atoms with Gasteiger partial charge in [-0.25, -0.2) is 9.59 Å². The molecule has 4 N–H and O–H groups in total. The van der Waals surface area contributed by atoms with E-state index in [2.05, 4.69) is 5.32 Å². The molecule has 7 heteroatoms. The smallest absolute Gasteiger partial charge is 0.339 e. The Labute approximate surface area is 121 Å². The summed E-state index contributed by atoms with van der Waals surface area (Å²) < 4.78 is 0. The van der Waals surface area contributed by atoms with Crippen LogP contribution in [0.2, 0.25) is 0 Å². The van der Waals surface area contributed by atoms with Crippen LogP contribution in [0.1, 0.15) is 29.6 Å². The number of hydrogen-bond donors (Lipinski definition) is 4. The van der Waals surface area contributed by atoms with Gasteiger partial charge in [-0.3, -0.25) is 0 Å². The number of benzene rings is 1. The number of carbonyl (C=O) groups is 2. The van der Waals surface area contributed by atoms with Crippen molar-refractivity contribution in [2.45, 2.75) is 25.3 Å². The zero-order valence-corrected chi connectivity index (χ0v) is 11.5. The summed E-state index contributed by atoms with van der Waals surface area (Å²) in [6.45, 7) is 0.111. The Morgan fingerprint density at radius 2 is 2.05 bits per heavy atom. The quantitative estimate of drug-likeness (QED) is 0.615. The molecule has 7 nitrogen and oxygen atoms in total. The number of carbonyl (C=O) groups excluding carboxylic acids is 1. The molecule has 0 unspecified atom stereocenters. The van der Waals surface area contributed by atoms with E-state index in [9.17, 15) is 14.7 Å². The molecular formula is C14H18N2O5. The highest BCUT2D eigenvalue weighted by atomic mass is 16.4. The highest BCUT2D eigenvalue weighted by Crippen LogP contribution is 2.26. The van der Waals surface area contributed by atoms with Crippen LogP contribution in [0.5, 0.6) is 5.75 Å². The Hall–Kier alpha value is -2.28. The second-order valence-electron chi connectivity index (χ2n) is 4.97. The minimum atomic E-state index is -1.27. The van der Waals surface area contributed by atoms with Gasteiger partial charge < -0.3 is 25.5 Å². The molecule has 0 saturated heterocycles. The van der Waals surface area contributed by atoms with Crippen LogP contribution in [0.15, 0.2) is 18.2 Å². The van der Waals surface area contributed by atoms with E-state index < -0.39 is 5.97 Å². The molecule has 1 saturated carbocycles. The van der Waals surface area contributed by atoms with Gasteiger partial charge in [0.15, 0.2) is 0 Å². The minimum Gasteiger partial charge on any atom is -0.507 e. The number of aliphatic hydroxyl groups is 1. The standard InChI is InChI=1S/C14H18N2O5/c17-7-6-16(10-2-1-3-10)14(21)15-9-4-5-12(18)11(8-9)13(19)20/h4-5,8,10,17-18H,1-3,6-7H2,(H,15,21)(H,19,20). The average molecular weight is 294 g/mol. The molecule has 0 aliphatic heterocycles. The van der Waals surface area contributed by atoms with Crippen molar-refractivity contribution in [3.63, 3.8) is 0 Å². The largest absolute Gasteiger partial charge is 0.507 e. The van der Waals surface area contributed by atoms with Crippen LogP contribution in [0.25, 0.3) is 0 Å². The SMILES string of the molecule is O=C(O)c1cc(NC(=O)N(CCO)C2CCC2)ccc1O. The highest BCUT2D eigenvalue weighted by Gasteiger charge is 2.28. The number of nitrogens with zero attached hydrogens (tertiary/aromatic N) is 1. The molecule has 0 radical (unpaired) electrons. The number of phenols is 1. The number of aromatic carboxylic acids is 1. The van der Waals surface area contributed by atoms with E-state index >= 15 is 0 Å². The molecule has 0 spiro atoms. The molecule has 1 fully saturated rings. The van der Waals surface area contributed by atoms with Gasteiger partial charge in [-0.05, 0) is 37.5 Å². The van der Waals surface area contributed by atoms with Gasteiger partial charge >= 0.3 is 12.0 Å². The van der Waals surface area contributed by atoms with Gasteiger partial charge in [0.1, 0.15) is 11.3 Å². The predicted octanol–water partition coefficient (Wildman–Crippen LogP) is 1.47.